The van der Waals surface area contributed by atoms with E-state index in [0.717, 1.165) is 11.3 Å². The summed E-state index contributed by atoms with van der Waals surface area (Å²) < 4.78 is 0. The lowest BCUT2D eigenvalue weighted by molar-refractivity contribution is 0.222. The van der Waals surface area contributed by atoms with Crippen molar-refractivity contribution in [3.05, 3.63) is 23.5 Å². The van der Waals surface area contributed by atoms with Gasteiger partial charge < -0.3 is 4.90 Å². The monoisotopic (exact) mass is 280 g/mol. The van der Waals surface area contributed by atoms with Gasteiger partial charge in [-0.2, -0.15) is 0 Å². The van der Waals surface area contributed by atoms with E-state index in [9.17, 15) is 0 Å². The van der Waals surface area contributed by atoms with Crippen LogP contribution in [0.15, 0.2) is 12.3 Å². The van der Waals surface area contributed by atoms with Crippen molar-refractivity contribution < 1.29 is 0 Å². The van der Waals surface area contributed by atoms with E-state index in [1.54, 1.807) is 0 Å². The van der Waals surface area contributed by atoms with Gasteiger partial charge in [-0.1, -0.05) is 13.8 Å². The predicted molar refractivity (Wildman–Crippen MR) is 83.0 cm³/mol. The average Bonchev–Trinajstić information content (AvgIpc) is 2.38. The molecule has 3 heteroatoms. The third-order valence-corrected chi connectivity index (χ3v) is 4.77. The smallest absolute Gasteiger partial charge is 0.0509 e. The SMILES string of the molecule is Cc1cc(N(C)C2CCC(C)(C)CC2)c(CCl)cn1. The van der Waals surface area contributed by atoms with Crippen LogP contribution in [0.3, 0.4) is 0 Å². The standard InChI is InChI=1S/C16H25ClN2/c1-12-9-15(13(10-17)11-18-12)19(4)14-5-7-16(2,3)8-6-14/h9,11,14H,5-8,10H2,1-4H3. The number of aryl methyl sites for hydroxylation is 1. The molecule has 1 aromatic heterocycles. The molecule has 1 saturated carbocycles. The molecule has 2 nitrogen and oxygen atoms in total. The molecule has 106 valence electrons. The van der Waals surface area contributed by atoms with E-state index in [4.69, 9.17) is 11.6 Å². The summed E-state index contributed by atoms with van der Waals surface area (Å²) in [5, 5.41) is 0. The fourth-order valence-electron chi connectivity index (χ4n) is 2.97. The van der Waals surface area contributed by atoms with Crippen LogP contribution in [0.5, 0.6) is 0 Å². The lowest BCUT2D eigenvalue weighted by atomic mass is 9.75. The summed E-state index contributed by atoms with van der Waals surface area (Å²) in [6, 6.07) is 2.80. The first-order valence-electron chi connectivity index (χ1n) is 7.17. The van der Waals surface area contributed by atoms with Crippen LogP contribution in [0.4, 0.5) is 5.69 Å². The Labute approximate surface area is 122 Å². The summed E-state index contributed by atoms with van der Waals surface area (Å²) in [5.41, 5.74) is 3.97. The second-order valence-corrected chi connectivity index (χ2v) is 6.86. The second-order valence-electron chi connectivity index (χ2n) is 6.59. The van der Waals surface area contributed by atoms with Crippen LogP contribution in [-0.4, -0.2) is 18.1 Å². The Morgan fingerprint density at radius 1 is 1.37 bits per heavy atom. The molecule has 0 aliphatic heterocycles. The van der Waals surface area contributed by atoms with Gasteiger partial charge in [-0.15, -0.1) is 11.6 Å². The molecule has 0 bridgehead atoms. The van der Waals surface area contributed by atoms with Crippen molar-refractivity contribution in [1.29, 1.82) is 0 Å². The zero-order chi connectivity index (χ0) is 14.0. The second kappa shape index (κ2) is 5.70. The van der Waals surface area contributed by atoms with E-state index in [1.807, 2.05) is 13.1 Å². The molecule has 1 heterocycles. The maximum Gasteiger partial charge on any atom is 0.0509 e. The number of aromatic nitrogens is 1. The van der Waals surface area contributed by atoms with Gasteiger partial charge in [0.25, 0.3) is 0 Å². The van der Waals surface area contributed by atoms with Crippen molar-refractivity contribution in [3.8, 4) is 0 Å². The van der Waals surface area contributed by atoms with Gasteiger partial charge in [0.2, 0.25) is 0 Å². The zero-order valence-corrected chi connectivity index (χ0v) is 13.3. The molecule has 0 N–H and O–H groups in total. The number of pyridine rings is 1. The van der Waals surface area contributed by atoms with E-state index in [0.29, 0.717) is 17.3 Å². The van der Waals surface area contributed by atoms with Crippen LogP contribution >= 0.6 is 11.6 Å². The highest BCUT2D eigenvalue weighted by Crippen LogP contribution is 2.38. The molecule has 0 saturated heterocycles. The molecule has 0 radical (unpaired) electrons. The zero-order valence-electron chi connectivity index (χ0n) is 12.5. The largest absolute Gasteiger partial charge is 0.371 e. The quantitative estimate of drug-likeness (QED) is 0.756. The first kappa shape index (κ1) is 14.6. The van der Waals surface area contributed by atoms with Gasteiger partial charge in [0.1, 0.15) is 0 Å². The fraction of sp³-hybridized carbons (Fsp3) is 0.688. The normalized spacial score (nSPS) is 19.4. The van der Waals surface area contributed by atoms with E-state index < -0.39 is 0 Å². The molecule has 0 aromatic carbocycles. The third kappa shape index (κ3) is 3.42. The van der Waals surface area contributed by atoms with Gasteiger partial charge in [-0.05, 0) is 44.1 Å². The number of hydrogen-bond donors (Lipinski definition) is 0. The summed E-state index contributed by atoms with van der Waals surface area (Å²) in [4.78, 5) is 6.77. The van der Waals surface area contributed by atoms with Crippen molar-refractivity contribution in [2.75, 3.05) is 11.9 Å². The van der Waals surface area contributed by atoms with E-state index >= 15 is 0 Å². The molecule has 2 rings (SSSR count). The van der Waals surface area contributed by atoms with Crippen LogP contribution < -0.4 is 4.90 Å². The van der Waals surface area contributed by atoms with Gasteiger partial charge in [-0.3, -0.25) is 4.98 Å². The van der Waals surface area contributed by atoms with Gasteiger partial charge in [0.05, 0.1) is 5.88 Å². The van der Waals surface area contributed by atoms with Crippen molar-refractivity contribution in [1.82, 2.24) is 4.98 Å². The number of rotatable bonds is 3. The van der Waals surface area contributed by atoms with Crippen LogP contribution in [0.25, 0.3) is 0 Å². The molecule has 1 fully saturated rings. The van der Waals surface area contributed by atoms with Crippen LogP contribution in [0.2, 0.25) is 0 Å². The number of nitrogens with zero attached hydrogens (tertiary/aromatic N) is 2. The lowest BCUT2D eigenvalue weighted by Gasteiger charge is -2.40. The van der Waals surface area contributed by atoms with Gasteiger partial charge in [0, 0.05) is 36.2 Å². The van der Waals surface area contributed by atoms with Gasteiger partial charge in [0.15, 0.2) is 0 Å². The van der Waals surface area contributed by atoms with Crippen molar-refractivity contribution in [3.63, 3.8) is 0 Å². The molecule has 19 heavy (non-hydrogen) atoms. The van der Waals surface area contributed by atoms with Gasteiger partial charge in [-0.25, -0.2) is 0 Å². The molecule has 0 spiro atoms. The first-order chi connectivity index (χ1) is 8.93. The Morgan fingerprint density at radius 3 is 2.58 bits per heavy atom. The van der Waals surface area contributed by atoms with E-state index in [1.165, 1.54) is 31.4 Å². The summed E-state index contributed by atoms with van der Waals surface area (Å²) in [7, 11) is 2.20. The number of hydrogen-bond acceptors (Lipinski definition) is 2. The van der Waals surface area contributed by atoms with Crippen LogP contribution in [-0.2, 0) is 5.88 Å². The molecule has 0 unspecified atom stereocenters. The molecule has 1 aliphatic rings. The number of alkyl halides is 1. The minimum absolute atomic E-state index is 0.515. The third-order valence-electron chi connectivity index (χ3n) is 4.48. The molecular weight excluding hydrogens is 256 g/mol. The first-order valence-corrected chi connectivity index (χ1v) is 7.71. The Hall–Kier alpha value is -0.760. The van der Waals surface area contributed by atoms with E-state index in [-0.39, 0.29) is 0 Å². The Bertz CT molecular complexity index is 432. The lowest BCUT2D eigenvalue weighted by Crippen LogP contribution is -2.37. The number of anilines is 1. The predicted octanol–water partition coefficient (Wildman–Crippen LogP) is 4.53. The summed E-state index contributed by atoms with van der Waals surface area (Å²) in [6.07, 6.45) is 7.07. The maximum absolute atomic E-state index is 6.05. The van der Waals surface area contributed by atoms with Crippen LogP contribution in [0.1, 0.15) is 50.8 Å². The molecule has 1 aliphatic carbocycles. The van der Waals surface area contributed by atoms with Crippen molar-refractivity contribution in [2.45, 2.75) is 58.4 Å². The topological polar surface area (TPSA) is 16.1 Å². The molecular formula is C16H25ClN2. The van der Waals surface area contributed by atoms with Gasteiger partial charge >= 0.3 is 0 Å². The maximum atomic E-state index is 6.05. The summed E-state index contributed by atoms with van der Waals surface area (Å²) in [5.74, 6) is 0.533. The summed E-state index contributed by atoms with van der Waals surface area (Å²) in [6.45, 7) is 6.80. The minimum Gasteiger partial charge on any atom is -0.371 e. The highest BCUT2D eigenvalue weighted by atomic mass is 35.5. The molecule has 0 atom stereocenters. The van der Waals surface area contributed by atoms with Crippen molar-refractivity contribution >= 4 is 17.3 Å². The van der Waals surface area contributed by atoms with E-state index in [2.05, 4.69) is 36.8 Å². The molecule has 0 amide bonds. The summed E-state index contributed by atoms with van der Waals surface area (Å²) >= 11 is 6.05. The molecule has 1 aromatic rings. The Kier molecular flexibility index (Phi) is 4.39. The Morgan fingerprint density at radius 2 is 2.00 bits per heavy atom. The highest BCUT2D eigenvalue weighted by molar-refractivity contribution is 6.17. The highest BCUT2D eigenvalue weighted by Gasteiger charge is 2.29. The average molecular weight is 281 g/mol. The fourth-order valence-corrected chi connectivity index (χ4v) is 3.18. The minimum atomic E-state index is 0.515. The van der Waals surface area contributed by atoms with Crippen LogP contribution in [0, 0.1) is 12.3 Å². The Balaban J connectivity index is 2.16. The van der Waals surface area contributed by atoms with Crippen molar-refractivity contribution in [2.24, 2.45) is 5.41 Å². The number of halogens is 1.